The zero-order chi connectivity index (χ0) is 14.6. The molecule has 0 atom stereocenters. The summed E-state index contributed by atoms with van der Waals surface area (Å²) in [6.45, 7) is 1.00. The fourth-order valence-electron chi connectivity index (χ4n) is 2.98. The zero-order valence-electron chi connectivity index (χ0n) is 11.7. The molecule has 110 valence electrons. The van der Waals surface area contributed by atoms with Crippen molar-refractivity contribution < 1.29 is 15.0 Å². The minimum absolute atomic E-state index is 0.0166. The van der Waals surface area contributed by atoms with Gasteiger partial charge in [-0.1, -0.05) is 0 Å². The lowest BCUT2D eigenvalue weighted by molar-refractivity contribution is 0.0697. The Balaban J connectivity index is 1.82. The van der Waals surface area contributed by atoms with Crippen LogP contribution in [0.2, 0.25) is 0 Å². The van der Waals surface area contributed by atoms with E-state index in [1.54, 1.807) is 12.1 Å². The number of nitrogens with zero attached hydrogens (tertiary/aromatic N) is 2. The van der Waals surface area contributed by atoms with Crippen molar-refractivity contribution in [1.82, 2.24) is 9.55 Å². The number of aliphatic hydroxyl groups excluding tert-OH is 1. The number of aromatic nitrogens is 2. The number of carbonyl (C=O) groups is 1. The second-order valence-corrected chi connectivity index (χ2v) is 6.50. The largest absolute Gasteiger partial charge is 0.478 e. The highest BCUT2D eigenvalue weighted by molar-refractivity contribution is 5.92. The van der Waals surface area contributed by atoms with Crippen molar-refractivity contribution in [1.29, 1.82) is 0 Å². The average Bonchev–Trinajstić information content (AvgIpc) is 3.38. The van der Waals surface area contributed by atoms with Gasteiger partial charge in [-0.2, -0.15) is 0 Å². The molecule has 0 unspecified atom stereocenters. The summed E-state index contributed by atoms with van der Waals surface area (Å²) in [5.41, 5.74) is 2.04. The summed E-state index contributed by atoms with van der Waals surface area (Å²) >= 11 is 0. The van der Waals surface area contributed by atoms with Crippen LogP contribution in [-0.2, 0) is 6.54 Å². The van der Waals surface area contributed by atoms with Gasteiger partial charge in [0.05, 0.1) is 23.2 Å². The van der Waals surface area contributed by atoms with Gasteiger partial charge in [0.25, 0.3) is 0 Å². The number of carboxylic acids is 1. The lowest BCUT2D eigenvalue weighted by Crippen LogP contribution is -2.17. The van der Waals surface area contributed by atoms with Crippen molar-refractivity contribution >= 4 is 17.0 Å². The SMILES string of the molecule is O=C(O)c1ccc2c(c1)nc(C1CC1)n2CC1(CO)CC1. The number of hydrogen-bond donors (Lipinski definition) is 2. The number of hydrogen-bond acceptors (Lipinski definition) is 3. The van der Waals surface area contributed by atoms with Crippen LogP contribution in [0.5, 0.6) is 0 Å². The average molecular weight is 286 g/mol. The maximum Gasteiger partial charge on any atom is 0.335 e. The molecule has 0 spiro atoms. The van der Waals surface area contributed by atoms with Crippen LogP contribution >= 0.6 is 0 Å². The lowest BCUT2D eigenvalue weighted by Gasteiger charge is -2.15. The van der Waals surface area contributed by atoms with Gasteiger partial charge in [-0.25, -0.2) is 9.78 Å². The van der Waals surface area contributed by atoms with Crippen molar-refractivity contribution in [2.75, 3.05) is 6.61 Å². The van der Waals surface area contributed by atoms with Crippen LogP contribution in [0.4, 0.5) is 0 Å². The quantitative estimate of drug-likeness (QED) is 0.885. The van der Waals surface area contributed by atoms with E-state index in [1.807, 2.05) is 6.07 Å². The van der Waals surface area contributed by atoms with Gasteiger partial charge in [-0.15, -0.1) is 0 Å². The molecule has 1 heterocycles. The Morgan fingerprint density at radius 3 is 2.71 bits per heavy atom. The first-order valence-electron chi connectivity index (χ1n) is 7.46. The maximum absolute atomic E-state index is 11.1. The van der Waals surface area contributed by atoms with E-state index < -0.39 is 5.97 Å². The van der Waals surface area contributed by atoms with E-state index in [2.05, 4.69) is 9.55 Å². The fourth-order valence-corrected chi connectivity index (χ4v) is 2.98. The Labute approximate surface area is 122 Å². The zero-order valence-corrected chi connectivity index (χ0v) is 11.7. The molecule has 2 fully saturated rings. The summed E-state index contributed by atoms with van der Waals surface area (Å²) in [5, 5.41) is 18.7. The van der Waals surface area contributed by atoms with Gasteiger partial charge in [0.2, 0.25) is 0 Å². The van der Waals surface area contributed by atoms with Crippen molar-refractivity contribution in [2.24, 2.45) is 5.41 Å². The van der Waals surface area contributed by atoms with Gasteiger partial charge in [0.1, 0.15) is 5.82 Å². The number of aromatic carboxylic acids is 1. The van der Waals surface area contributed by atoms with Gasteiger partial charge >= 0.3 is 5.97 Å². The van der Waals surface area contributed by atoms with E-state index in [1.165, 1.54) is 0 Å². The monoisotopic (exact) mass is 286 g/mol. The molecule has 0 radical (unpaired) electrons. The predicted octanol–water partition coefficient (Wildman–Crippen LogP) is 2.38. The first-order valence-corrected chi connectivity index (χ1v) is 7.46. The summed E-state index contributed by atoms with van der Waals surface area (Å²) in [5.74, 6) is 0.640. The molecular formula is C16H18N2O3. The normalized spacial score (nSPS) is 19.9. The summed E-state index contributed by atoms with van der Waals surface area (Å²) in [6, 6.07) is 5.14. The van der Waals surface area contributed by atoms with Crippen LogP contribution in [-0.4, -0.2) is 32.3 Å². The Hall–Kier alpha value is -1.88. The van der Waals surface area contributed by atoms with Crippen molar-refractivity contribution in [3.63, 3.8) is 0 Å². The second-order valence-electron chi connectivity index (χ2n) is 6.50. The molecule has 0 bridgehead atoms. The van der Waals surface area contributed by atoms with Gasteiger partial charge in [-0.05, 0) is 43.9 Å². The van der Waals surface area contributed by atoms with Crippen LogP contribution in [0.3, 0.4) is 0 Å². The number of aliphatic hydroxyl groups is 1. The fraction of sp³-hybridized carbons (Fsp3) is 0.500. The molecule has 2 N–H and O–H groups in total. The molecule has 2 saturated carbocycles. The van der Waals surface area contributed by atoms with Gasteiger partial charge in [0.15, 0.2) is 0 Å². The van der Waals surface area contributed by atoms with Gasteiger partial charge < -0.3 is 14.8 Å². The van der Waals surface area contributed by atoms with E-state index in [4.69, 9.17) is 5.11 Å². The first-order chi connectivity index (χ1) is 10.1. The molecule has 2 aliphatic carbocycles. The summed E-state index contributed by atoms with van der Waals surface area (Å²) in [6.07, 6.45) is 4.42. The lowest BCUT2D eigenvalue weighted by atomic mass is 10.1. The molecule has 0 aliphatic heterocycles. The van der Waals surface area contributed by atoms with Crippen LogP contribution in [0.25, 0.3) is 11.0 Å². The summed E-state index contributed by atoms with van der Waals surface area (Å²) in [4.78, 5) is 15.8. The number of benzene rings is 1. The van der Waals surface area contributed by atoms with Crippen molar-refractivity contribution in [3.8, 4) is 0 Å². The van der Waals surface area contributed by atoms with Crippen molar-refractivity contribution in [2.45, 2.75) is 38.1 Å². The molecule has 1 aromatic heterocycles. The standard InChI is InChI=1S/C16H18N2O3/c19-9-16(5-6-16)8-18-13-4-3-11(15(20)21)7-12(13)17-14(18)10-1-2-10/h3-4,7,10,19H,1-2,5-6,8-9H2,(H,20,21). The summed E-state index contributed by atoms with van der Waals surface area (Å²) in [7, 11) is 0. The van der Waals surface area contributed by atoms with Crippen LogP contribution < -0.4 is 0 Å². The van der Waals surface area contributed by atoms with E-state index in [0.29, 0.717) is 5.92 Å². The number of imidazole rings is 1. The van der Waals surface area contributed by atoms with E-state index in [9.17, 15) is 9.90 Å². The topological polar surface area (TPSA) is 75.3 Å². The van der Waals surface area contributed by atoms with Gasteiger partial charge in [0, 0.05) is 17.9 Å². The third kappa shape index (κ3) is 2.12. The highest BCUT2D eigenvalue weighted by Crippen LogP contribution is 2.49. The number of rotatable bonds is 5. The smallest absolute Gasteiger partial charge is 0.335 e. The number of carboxylic acid groups (broad SMARTS) is 1. The second kappa shape index (κ2) is 4.31. The molecule has 5 nitrogen and oxygen atoms in total. The number of fused-ring (bicyclic) bond motifs is 1. The maximum atomic E-state index is 11.1. The Kier molecular flexibility index (Phi) is 2.63. The van der Waals surface area contributed by atoms with Gasteiger partial charge in [-0.3, -0.25) is 0 Å². The molecule has 1 aromatic carbocycles. The molecular weight excluding hydrogens is 268 g/mol. The molecule has 21 heavy (non-hydrogen) atoms. The Bertz CT molecular complexity index is 726. The van der Waals surface area contributed by atoms with Crippen LogP contribution in [0.15, 0.2) is 18.2 Å². The van der Waals surface area contributed by atoms with E-state index >= 15 is 0 Å². The highest BCUT2D eigenvalue weighted by Gasteiger charge is 2.43. The van der Waals surface area contributed by atoms with Crippen LogP contribution in [0, 0.1) is 5.41 Å². The Morgan fingerprint density at radius 2 is 2.14 bits per heavy atom. The van der Waals surface area contributed by atoms with E-state index in [0.717, 1.165) is 49.1 Å². The predicted molar refractivity (Wildman–Crippen MR) is 77.4 cm³/mol. The third-order valence-corrected chi connectivity index (χ3v) is 4.75. The summed E-state index contributed by atoms with van der Waals surface area (Å²) < 4.78 is 2.21. The minimum atomic E-state index is -0.923. The molecule has 0 saturated heterocycles. The highest BCUT2D eigenvalue weighted by atomic mass is 16.4. The molecule has 5 heteroatoms. The Morgan fingerprint density at radius 1 is 1.38 bits per heavy atom. The van der Waals surface area contributed by atoms with Crippen LogP contribution in [0.1, 0.15) is 47.8 Å². The molecule has 2 aromatic rings. The molecule has 4 rings (SSSR count). The minimum Gasteiger partial charge on any atom is -0.478 e. The first kappa shape index (κ1) is 12.8. The molecule has 0 amide bonds. The third-order valence-electron chi connectivity index (χ3n) is 4.75. The van der Waals surface area contributed by atoms with Crippen molar-refractivity contribution in [3.05, 3.63) is 29.6 Å². The van der Waals surface area contributed by atoms with E-state index in [-0.39, 0.29) is 17.6 Å². The molecule has 2 aliphatic rings.